The summed E-state index contributed by atoms with van der Waals surface area (Å²) in [5.41, 5.74) is 0. The minimum absolute atomic E-state index is 0.247. The summed E-state index contributed by atoms with van der Waals surface area (Å²) in [7, 11) is 7.98. The molecular formula is C11H19ClN6. The molecule has 0 saturated carbocycles. The smallest absolute Gasteiger partial charge is 0.231 e. The fourth-order valence-corrected chi connectivity index (χ4v) is 2.17. The SMILES string of the molecule is CN(C)c1nc(Cl)nc(N2CCC(N(C)C)C2)n1. The molecule has 1 unspecified atom stereocenters. The van der Waals surface area contributed by atoms with Crippen LogP contribution in [0.2, 0.25) is 5.28 Å². The monoisotopic (exact) mass is 270 g/mol. The lowest BCUT2D eigenvalue weighted by molar-refractivity contribution is 0.315. The van der Waals surface area contributed by atoms with Gasteiger partial charge in [0, 0.05) is 33.2 Å². The second kappa shape index (κ2) is 5.24. The molecule has 0 bridgehead atoms. The first kappa shape index (κ1) is 13.3. The molecule has 1 atom stereocenters. The molecule has 6 nitrogen and oxygen atoms in total. The van der Waals surface area contributed by atoms with Crippen molar-refractivity contribution in [3.63, 3.8) is 0 Å². The molecule has 1 saturated heterocycles. The van der Waals surface area contributed by atoms with E-state index in [1.165, 1.54) is 0 Å². The highest BCUT2D eigenvalue weighted by Crippen LogP contribution is 2.21. The predicted octanol–water partition coefficient (Wildman–Crippen LogP) is 0.731. The molecule has 0 N–H and O–H groups in total. The van der Waals surface area contributed by atoms with Gasteiger partial charge in [0.2, 0.25) is 17.2 Å². The van der Waals surface area contributed by atoms with E-state index < -0.39 is 0 Å². The number of halogens is 1. The largest absolute Gasteiger partial charge is 0.347 e. The van der Waals surface area contributed by atoms with E-state index in [1.54, 1.807) is 0 Å². The van der Waals surface area contributed by atoms with Crippen molar-refractivity contribution in [2.45, 2.75) is 12.5 Å². The third-order valence-electron chi connectivity index (χ3n) is 3.16. The van der Waals surface area contributed by atoms with E-state index in [4.69, 9.17) is 11.6 Å². The average molecular weight is 271 g/mol. The topological polar surface area (TPSA) is 48.4 Å². The molecule has 2 heterocycles. The Hall–Kier alpha value is -1.14. The lowest BCUT2D eigenvalue weighted by atomic mass is 10.2. The fourth-order valence-electron chi connectivity index (χ4n) is 2.02. The third-order valence-corrected chi connectivity index (χ3v) is 3.33. The number of anilines is 2. The van der Waals surface area contributed by atoms with Gasteiger partial charge in [0.25, 0.3) is 0 Å². The molecule has 0 aromatic carbocycles. The first-order chi connectivity index (χ1) is 8.47. The number of nitrogens with zero attached hydrogens (tertiary/aromatic N) is 6. The van der Waals surface area contributed by atoms with Crippen LogP contribution in [0, 0.1) is 0 Å². The highest BCUT2D eigenvalue weighted by molar-refractivity contribution is 6.28. The summed E-state index contributed by atoms with van der Waals surface area (Å²) >= 11 is 5.95. The zero-order chi connectivity index (χ0) is 13.3. The minimum Gasteiger partial charge on any atom is -0.347 e. The van der Waals surface area contributed by atoms with Gasteiger partial charge in [-0.1, -0.05) is 0 Å². The van der Waals surface area contributed by atoms with E-state index in [2.05, 4.69) is 38.8 Å². The molecule has 1 fully saturated rings. The molecular weight excluding hydrogens is 252 g/mol. The Morgan fingerprint density at radius 2 is 1.89 bits per heavy atom. The van der Waals surface area contributed by atoms with Crippen molar-refractivity contribution in [3.05, 3.63) is 5.28 Å². The summed E-state index contributed by atoms with van der Waals surface area (Å²) in [5.74, 6) is 1.27. The summed E-state index contributed by atoms with van der Waals surface area (Å²) in [5, 5.41) is 0.247. The van der Waals surface area contributed by atoms with E-state index in [0.717, 1.165) is 19.5 Å². The van der Waals surface area contributed by atoms with Crippen LogP contribution in [0.25, 0.3) is 0 Å². The standard InChI is InChI=1S/C11H19ClN6/c1-16(2)8-5-6-18(7-8)11-14-9(12)13-10(15-11)17(3)4/h8H,5-7H2,1-4H3. The van der Waals surface area contributed by atoms with Gasteiger partial charge >= 0.3 is 0 Å². The Kier molecular flexibility index (Phi) is 3.87. The molecule has 1 aromatic heterocycles. The molecule has 7 heteroatoms. The van der Waals surface area contributed by atoms with Crippen LogP contribution in [0.5, 0.6) is 0 Å². The molecule has 0 amide bonds. The maximum atomic E-state index is 5.95. The van der Waals surface area contributed by atoms with E-state index in [0.29, 0.717) is 17.9 Å². The van der Waals surface area contributed by atoms with E-state index in [9.17, 15) is 0 Å². The Morgan fingerprint density at radius 3 is 2.44 bits per heavy atom. The van der Waals surface area contributed by atoms with Crippen LogP contribution in [0.3, 0.4) is 0 Å². The zero-order valence-corrected chi connectivity index (χ0v) is 12.0. The maximum absolute atomic E-state index is 5.95. The van der Waals surface area contributed by atoms with Crippen LogP contribution in [-0.2, 0) is 0 Å². The maximum Gasteiger partial charge on any atom is 0.231 e. The third kappa shape index (κ3) is 2.81. The lowest BCUT2D eigenvalue weighted by Gasteiger charge is -2.21. The van der Waals surface area contributed by atoms with Gasteiger partial charge in [0.05, 0.1) is 0 Å². The van der Waals surface area contributed by atoms with Gasteiger partial charge in [-0.2, -0.15) is 15.0 Å². The Morgan fingerprint density at radius 1 is 1.17 bits per heavy atom. The summed E-state index contributed by atoms with van der Waals surface area (Å²) < 4.78 is 0. The summed E-state index contributed by atoms with van der Waals surface area (Å²) in [6, 6.07) is 0.545. The van der Waals surface area contributed by atoms with Crippen molar-refractivity contribution < 1.29 is 0 Å². The second-order valence-corrected chi connectivity index (χ2v) is 5.29. The van der Waals surface area contributed by atoms with Gasteiger partial charge in [0.1, 0.15) is 0 Å². The first-order valence-corrected chi connectivity index (χ1v) is 6.35. The van der Waals surface area contributed by atoms with Crippen LogP contribution in [0.15, 0.2) is 0 Å². The van der Waals surface area contributed by atoms with Crippen LogP contribution in [-0.4, -0.2) is 67.2 Å². The number of hydrogen-bond donors (Lipinski definition) is 0. The Bertz CT molecular complexity index is 422. The van der Waals surface area contributed by atoms with Crippen molar-refractivity contribution in [2.24, 2.45) is 0 Å². The van der Waals surface area contributed by atoms with Crippen molar-refractivity contribution in [2.75, 3.05) is 51.1 Å². The first-order valence-electron chi connectivity index (χ1n) is 5.97. The van der Waals surface area contributed by atoms with Gasteiger partial charge in [-0.05, 0) is 32.1 Å². The van der Waals surface area contributed by atoms with Gasteiger partial charge < -0.3 is 14.7 Å². The Balaban J connectivity index is 2.19. The number of aromatic nitrogens is 3. The number of likely N-dealkylation sites (N-methyl/N-ethyl adjacent to an activating group) is 1. The zero-order valence-electron chi connectivity index (χ0n) is 11.3. The lowest BCUT2D eigenvalue weighted by Crippen LogP contribution is -2.32. The molecule has 2 rings (SSSR count). The fraction of sp³-hybridized carbons (Fsp3) is 0.727. The van der Waals surface area contributed by atoms with Crippen LogP contribution < -0.4 is 9.80 Å². The molecule has 100 valence electrons. The highest BCUT2D eigenvalue weighted by atomic mass is 35.5. The van der Waals surface area contributed by atoms with E-state index in [-0.39, 0.29) is 5.28 Å². The van der Waals surface area contributed by atoms with Gasteiger partial charge in [0.15, 0.2) is 0 Å². The summed E-state index contributed by atoms with van der Waals surface area (Å²) in [4.78, 5) is 19.0. The van der Waals surface area contributed by atoms with Crippen LogP contribution >= 0.6 is 11.6 Å². The van der Waals surface area contributed by atoms with Crippen LogP contribution in [0.4, 0.5) is 11.9 Å². The number of rotatable bonds is 3. The van der Waals surface area contributed by atoms with Gasteiger partial charge in [-0.25, -0.2) is 0 Å². The van der Waals surface area contributed by atoms with Crippen molar-refractivity contribution in [3.8, 4) is 0 Å². The van der Waals surface area contributed by atoms with Crippen LogP contribution in [0.1, 0.15) is 6.42 Å². The molecule has 18 heavy (non-hydrogen) atoms. The molecule has 1 aliphatic heterocycles. The summed E-state index contributed by atoms with van der Waals surface area (Å²) in [6.45, 7) is 1.89. The quantitative estimate of drug-likeness (QED) is 0.807. The molecule has 0 aliphatic carbocycles. The van der Waals surface area contributed by atoms with Crippen molar-refractivity contribution in [1.29, 1.82) is 0 Å². The summed E-state index contributed by atoms with van der Waals surface area (Å²) in [6.07, 6.45) is 1.12. The Labute approximate surface area is 113 Å². The molecule has 1 aromatic rings. The minimum atomic E-state index is 0.247. The van der Waals surface area contributed by atoms with Crippen molar-refractivity contribution in [1.82, 2.24) is 19.9 Å². The van der Waals surface area contributed by atoms with Gasteiger partial charge in [-0.15, -0.1) is 0 Å². The van der Waals surface area contributed by atoms with Gasteiger partial charge in [-0.3, -0.25) is 0 Å². The molecule has 0 spiro atoms. The van der Waals surface area contributed by atoms with E-state index >= 15 is 0 Å². The highest BCUT2D eigenvalue weighted by Gasteiger charge is 2.26. The van der Waals surface area contributed by atoms with Crippen molar-refractivity contribution >= 4 is 23.5 Å². The normalized spacial score (nSPS) is 19.7. The molecule has 0 radical (unpaired) electrons. The van der Waals surface area contributed by atoms with E-state index in [1.807, 2.05) is 19.0 Å². The number of hydrogen-bond acceptors (Lipinski definition) is 6. The average Bonchev–Trinajstić information content (AvgIpc) is 2.77. The second-order valence-electron chi connectivity index (χ2n) is 4.95. The molecule has 1 aliphatic rings. The predicted molar refractivity (Wildman–Crippen MR) is 73.5 cm³/mol.